The Morgan fingerprint density at radius 3 is 2.21 bits per heavy atom. The van der Waals surface area contributed by atoms with Gasteiger partial charge in [-0.3, -0.25) is 4.79 Å². The maximum atomic E-state index is 12.5. The summed E-state index contributed by atoms with van der Waals surface area (Å²) in [6, 6.07) is 20.9. The van der Waals surface area contributed by atoms with E-state index >= 15 is 0 Å². The van der Waals surface area contributed by atoms with Crippen molar-refractivity contribution in [1.29, 1.82) is 0 Å². The van der Waals surface area contributed by atoms with Crippen molar-refractivity contribution >= 4 is 45.0 Å². The van der Waals surface area contributed by atoms with Crippen LogP contribution in [-0.4, -0.2) is 15.2 Å². The molecule has 0 spiro atoms. The molecule has 0 bridgehead atoms. The van der Waals surface area contributed by atoms with Gasteiger partial charge in [0.05, 0.1) is 5.69 Å². The van der Waals surface area contributed by atoms with Crippen LogP contribution in [0.2, 0.25) is 0 Å². The van der Waals surface area contributed by atoms with Crippen LogP contribution in [0, 0.1) is 0 Å². The molecule has 2 aromatic heterocycles. The molecular weight excluding hydrogens is 374 g/mol. The quantitative estimate of drug-likeness (QED) is 0.396. The number of anilines is 4. The second kappa shape index (κ2) is 8.23. The molecule has 28 heavy (non-hydrogen) atoms. The predicted molar refractivity (Wildman–Crippen MR) is 111 cm³/mol. The smallest absolute Gasteiger partial charge is 0.277 e. The molecule has 0 aliphatic heterocycles. The fourth-order valence-corrected chi connectivity index (χ4v) is 2.81. The van der Waals surface area contributed by atoms with Crippen LogP contribution in [0.5, 0.6) is 0 Å². The fraction of sp³-hybridized carbons (Fsp3) is 0. The van der Waals surface area contributed by atoms with E-state index in [9.17, 15) is 4.79 Å². The monoisotopic (exact) mass is 389 g/mol. The van der Waals surface area contributed by atoms with Gasteiger partial charge in [0.15, 0.2) is 5.69 Å². The number of nitrogens with zero attached hydrogens (tertiary/aromatic N) is 4. The van der Waals surface area contributed by atoms with Crippen LogP contribution in [0.4, 0.5) is 33.7 Å². The van der Waals surface area contributed by atoms with Gasteiger partial charge in [-0.25, -0.2) is 0 Å². The van der Waals surface area contributed by atoms with E-state index in [1.807, 2.05) is 60.7 Å². The maximum Gasteiger partial charge on any atom is 0.277 e. The highest BCUT2D eigenvalue weighted by molar-refractivity contribution is 7.13. The number of benzene rings is 2. The van der Waals surface area contributed by atoms with Gasteiger partial charge in [-0.05, 0) is 30.3 Å². The molecule has 0 radical (unpaired) electrons. The highest BCUT2D eigenvalue weighted by atomic mass is 32.1. The number of aromatic nitrogens is 3. The number of pyridine rings is 1. The van der Waals surface area contributed by atoms with E-state index < -0.39 is 0 Å². The molecule has 0 atom stereocenters. The molecule has 0 aliphatic carbocycles. The lowest BCUT2D eigenvalue weighted by Gasteiger charge is -2.14. The lowest BCUT2D eigenvalue weighted by molar-refractivity contribution is 1.05. The summed E-state index contributed by atoms with van der Waals surface area (Å²) in [5.74, 6) is 0.523. The van der Waals surface area contributed by atoms with E-state index in [0.717, 1.165) is 11.4 Å². The molecule has 0 saturated heterocycles. The minimum atomic E-state index is -0.370. The Hall–Kier alpha value is -3.85. The summed E-state index contributed by atoms with van der Waals surface area (Å²) < 4.78 is 0. The van der Waals surface area contributed by atoms with Gasteiger partial charge in [-0.2, -0.15) is 0 Å². The molecule has 0 fully saturated rings. The predicted octanol–water partition coefficient (Wildman–Crippen LogP) is 5.13. The number of para-hydroxylation sites is 2. The topological polar surface area (TPSA) is 107 Å². The molecule has 0 amide bonds. The highest BCUT2D eigenvalue weighted by Gasteiger charge is 2.10. The van der Waals surface area contributed by atoms with Gasteiger partial charge in [-0.1, -0.05) is 47.7 Å². The molecule has 9 heteroatoms. The van der Waals surface area contributed by atoms with E-state index in [1.165, 1.54) is 11.3 Å². The average molecular weight is 389 g/mol. The molecule has 0 unspecified atom stereocenters. The van der Waals surface area contributed by atoms with Gasteiger partial charge in [0.25, 0.3) is 10.7 Å². The van der Waals surface area contributed by atoms with Crippen molar-refractivity contribution in [3.05, 3.63) is 82.6 Å². The SMILES string of the molecule is O=c1[nH]c(Nc2ccccc2)c(Nc2ccccc2)cc1N=Nc1nncs1. The summed E-state index contributed by atoms with van der Waals surface area (Å²) in [5, 5.41) is 22.4. The van der Waals surface area contributed by atoms with Crippen molar-refractivity contribution in [3.63, 3.8) is 0 Å². The number of H-pyrrole nitrogens is 1. The first-order valence-electron chi connectivity index (χ1n) is 8.37. The zero-order chi connectivity index (χ0) is 19.2. The van der Waals surface area contributed by atoms with Crippen LogP contribution >= 0.6 is 11.3 Å². The van der Waals surface area contributed by atoms with E-state index in [1.54, 1.807) is 11.6 Å². The van der Waals surface area contributed by atoms with E-state index in [2.05, 4.69) is 36.0 Å². The van der Waals surface area contributed by atoms with Crippen LogP contribution in [-0.2, 0) is 0 Å². The van der Waals surface area contributed by atoms with Crippen molar-refractivity contribution in [1.82, 2.24) is 15.2 Å². The lowest BCUT2D eigenvalue weighted by atomic mass is 10.2. The van der Waals surface area contributed by atoms with Crippen molar-refractivity contribution in [3.8, 4) is 0 Å². The molecule has 3 N–H and O–H groups in total. The van der Waals surface area contributed by atoms with E-state index in [4.69, 9.17) is 0 Å². The summed E-state index contributed by atoms with van der Waals surface area (Å²) in [4.78, 5) is 15.3. The first-order chi connectivity index (χ1) is 13.8. The van der Waals surface area contributed by atoms with Crippen molar-refractivity contribution in [2.75, 3.05) is 10.6 Å². The van der Waals surface area contributed by atoms with Gasteiger partial charge >= 0.3 is 0 Å². The number of hydrogen-bond donors (Lipinski definition) is 3. The molecule has 2 aromatic carbocycles. The standard InChI is InChI=1S/C19H15N7OS/c27-18-16(24-26-19-25-20-12-28-19)11-15(21-13-7-3-1-4-8-13)17(23-18)22-14-9-5-2-6-10-14/h1-12,21H,(H2,22,23,27). The summed E-state index contributed by atoms with van der Waals surface area (Å²) in [5.41, 5.74) is 3.71. The second-order valence-electron chi connectivity index (χ2n) is 5.68. The molecule has 8 nitrogen and oxygen atoms in total. The van der Waals surface area contributed by atoms with Gasteiger partial charge in [0, 0.05) is 11.4 Å². The normalized spacial score (nSPS) is 10.9. The van der Waals surface area contributed by atoms with Crippen LogP contribution in [0.25, 0.3) is 0 Å². The number of aromatic amines is 1. The molecule has 4 aromatic rings. The minimum absolute atomic E-state index is 0.159. The highest BCUT2D eigenvalue weighted by Crippen LogP contribution is 2.28. The van der Waals surface area contributed by atoms with Crippen molar-refractivity contribution in [2.45, 2.75) is 0 Å². The zero-order valence-corrected chi connectivity index (χ0v) is 15.4. The molecule has 4 rings (SSSR count). The Morgan fingerprint density at radius 2 is 1.57 bits per heavy atom. The van der Waals surface area contributed by atoms with E-state index in [0.29, 0.717) is 16.6 Å². The van der Waals surface area contributed by atoms with Crippen LogP contribution in [0.1, 0.15) is 0 Å². The summed E-state index contributed by atoms with van der Waals surface area (Å²) in [6.07, 6.45) is 0. The largest absolute Gasteiger partial charge is 0.352 e. The third-order valence-corrected chi connectivity index (χ3v) is 4.28. The average Bonchev–Trinajstić information content (AvgIpc) is 3.24. The van der Waals surface area contributed by atoms with Crippen LogP contribution in [0.3, 0.4) is 0 Å². The van der Waals surface area contributed by atoms with Gasteiger partial charge in [0.2, 0.25) is 0 Å². The Bertz CT molecular complexity index is 1130. The zero-order valence-electron chi connectivity index (χ0n) is 14.5. The Labute approximate surface area is 164 Å². The molecular formula is C19H15N7OS. The van der Waals surface area contributed by atoms with Crippen LogP contribution in [0.15, 0.2) is 87.3 Å². The Balaban J connectivity index is 1.71. The maximum absolute atomic E-state index is 12.5. The summed E-state index contributed by atoms with van der Waals surface area (Å²) in [6.45, 7) is 0. The number of azo groups is 1. The first-order valence-corrected chi connectivity index (χ1v) is 9.25. The third kappa shape index (κ3) is 4.27. The fourth-order valence-electron chi connectivity index (χ4n) is 2.44. The molecule has 138 valence electrons. The minimum Gasteiger partial charge on any atom is -0.352 e. The van der Waals surface area contributed by atoms with Gasteiger partial charge in [-0.15, -0.1) is 20.4 Å². The molecule has 0 saturated carbocycles. The Kier molecular flexibility index (Phi) is 5.16. The van der Waals surface area contributed by atoms with Gasteiger partial charge in [0.1, 0.15) is 11.3 Å². The first kappa shape index (κ1) is 17.6. The second-order valence-corrected chi connectivity index (χ2v) is 6.49. The molecule has 0 aliphatic rings. The van der Waals surface area contributed by atoms with Crippen LogP contribution < -0.4 is 16.2 Å². The molecule has 2 heterocycles. The van der Waals surface area contributed by atoms with Crippen molar-refractivity contribution < 1.29 is 0 Å². The summed E-state index contributed by atoms with van der Waals surface area (Å²) >= 11 is 1.24. The van der Waals surface area contributed by atoms with E-state index in [-0.39, 0.29) is 11.2 Å². The number of nitrogens with one attached hydrogen (secondary N) is 3. The van der Waals surface area contributed by atoms with Gasteiger partial charge < -0.3 is 15.6 Å². The summed E-state index contributed by atoms with van der Waals surface area (Å²) in [7, 11) is 0. The third-order valence-electron chi connectivity index (χ3n) is 3.71. The number of rotatable bonds is 6. The number of hydrogen-bond acceptors (Lipinski definition) is 8. The Morgan fingerprint density at radius 1 is 0.893 bits per heavy atom. The van der Waals surface area contributed by atoms with Crippen molar-refractivity contribution in [2.24, 2.45) is 10.2 Å². The lowest BCUT2D eigenvalue weighted by Crippen LogP contribution is -2.10.